The Balaban J connectivity index is 1.35. The van der Waals surface area contributed by atoms with Crippen LogP contribution in [0.5, 0.6) is 0 Å². The maximum atomic E-state index is 16.5. The molecule has 0 aliphatic carbocycles. The van der Waals surface area contributed by atoms with Crippen LogP contribution in [0.1, 0.15) is 28.3 Å². The van der Waals surface area contributed by atoms with E-state index in [1.54, 1.807) is 47.2 Å². The van der Waals surface area contributed by atoms with E-state index in [1.807, 2.05) is 109 Å². The van der Waals surface area contributed by atoms with E-state index in [0.29, 0.717) is 50.4 Å². The number of rotatable bonds is 5. The second kappa shape index (κ2) is 13.8. The van der Waals surface area contributed by atoms with Crippen LogP contribution in [0.3, 0.4) is 0 Å². The van der Waals surface area contributed by atoms with Crippen molar-refractivity contribution in [3.05, 3.63) is 174 Å². The zero-order valence-corrected chi connectivity index (χ0v) is 32.1. The van der Waals surface area contributed by atoms with Crippen molar-refractivity contribution >= 4 is 43.6 Å². The number of hydrogen-bond acceptors (Lipinski definition) is 5. The molecular weight excluding hydrogens is 756 g/mol. The van der Waals surface area contributed by atoms with Crippen molar-refractivity contribution in [3.63, 3.8) is 0 Å². The zero-order chi connectivity index (χ0) is 41.3. The largest absolute Gasteiger partial charge is 0.420 e. The van der Waals surface area contributed by atoms with Gasteiger partial charge in [0.15, 0.2) is 5.82 Å². The van der Waals surface area contributed by atoms with Gasteiger partial charge in [-0.2, -0.15) is 23.7 Å². The Hall–Kier alpha value is -8.08. The van der Waals surface area contributed by atoms with Gasteiger partial charge in [-0.25, -0.2) is 15.0 Å². The number of nitriles is 2. The third-order valence-corrected chi connectivity index (χ3v) is 11.0. The first-order valence-corrected chi connectivity index (χ1v) is 19.1. The molecular formula is C50H30F3N7. The molecule has 3 aromatic heterocycles. The van der Waals surface area contributed by atoms with Gasteiger partial charge in [-0.3, -0.25) is 0 Å². The van der Waals surface area contributed by atoms with Gasteiger partial charge in [-0.05, 0) is 96.8 Å². The molecule has 10 heteroatoms. The molecule has 60 heavy (non-hydrogen) atoms. The lowest BCUT2D eigenvalue weighted by molar-refractivity contribution is -0.137. The third kappa shape index (κ3) is 5.93. The van der Waals surface area contributed by atoms with Crippen molar-refractivity contribution in [2.24, 2.45) is 0 Å². The predicted octanol–water partition coefficient (Wildman–Crippen LogP) is 12.4. The highest BCUT2D eigenvalue weighted by molar-refractivity contribution is 6.12. The van der Waals surface area contributed by atoms with Gasteiger partial charge in [0, 0.05) is 27.1 Å². The van der Waals surface area contributed by atoms with Gasteiger partial charge in [-0.15, -0.1) is 0 Å². The molecule has 7 aromatic carbocycles. The van der Waals surface area contributed by atoms with Gasteiger partial charge in [0.2, 0.25) is 0 Å². The van der Waals surface area contributed by atoms with Crippen molar-refractivity contribution in [1.29, 1.82) is 10.5 Å². The molecule has 0 saturated heterocycles. The van der Waals surface area contributed by atoms with Crippen molar-refractivity contribution in [2.75, 3.05) is 0 Å². The summed E-state index contributed by atoms with van der Waals surface area (Å²) in [7, 11) is 0. The standard InChI is InChI=1S/C50H30F3N7/c1-29-56-30(2)58-49(57-29)37-25-46(59-42-9-5-3-7-38(42)40-21-19-35(23-44(40)59)33-15-11-31(27-54)12-16-33)48(50(51,52)53)47(26-37)60-43-10-6-4-8-39(43)41-22-20-36(24-45(41)60)34-17-13-32(28-55)14-18-34/h3-26H,1-2H3. The molecule has 0 aliphatic rings. The van der Waals surface area contributed by atoms with Gasteiger partial charge in [0.1, 0.15) is 17.2 Å². The van der Waals surface area contributed by atoms with Crippen molar-refractivity contribution in [3.8, 4) is 57.2 Å². The molecule has 0 fully saturated rings. The molecule has 0 bridgehead atoms. The first kappa shape index (κ1) is 36.3. The Morgan fingerprint density at radius 2 is 0.850 bits per heavy atom. The van der Waals surface area contributed by atoms with Crippen LogP contribution >= 0.6 is 0 Å². The summed E-state index contributed by atoms with van der Waals surface area (Å²) in [4.78, 5) is 13.7. The molecule has 0 radical (unpaired) electrons. The third-order valence-electron chi connectivity index (χ3n) is 11.0. The molecule has 0 N–H and O–H groups in total. The monoisotopic (exact) mass is 785 g/mol. The molecule has 0 amide bonds. The fourth-order valence-corrected chi connectivity index (χ4v) is 8.42. The van der Waals surface area contributed by atoms with Crippen LogP contribution in [0.15, 0.2) is 146 Å². The van der Waals surface area contributed by atoms with E-state index >= 15 is 13.2 Å². The molecule has 0 aliphatic heterocycles. The van der Waals surface area contributed by atoms with E-state index in [2.05, 4.69) is 27.1 Å². The van der Waals surface area contributed by atoms with Crippen molar-refractivity contribution < 1.29 is 13.2 Å². The minimum atomic E-state index is -4.86. The number of alkyl halides is 3. The van der Waals surface area contributed by atoms with Gasteiger partial charge in [0.05, 0.1) is 56.7 Å². The fourth-order valence-electron chi connectivity index (χ4n) is 8.42. The molecule has 0 atom stereocenters. The van der Waals surface area contributed by atoms with Crippen molar-refractivity contribution in [2.45, 2.75) is 20.0 Å². The highest BCUT2D eigenvalue weighted by atomic mass is 19.4. The van der Waals surface area contributed by atoms with Crippen LogP contribution < -0.4 is 0 Å². The lowest BCUT2D eigenvalue weighted by atomic mass is 10.0. The summed E-state index contributed by atoms with van der Waals surface area (Å²) in [5.74, 6) is 1.12. The Labute approximate surface area is 341 Å². The predicted molar refractivity (Wildman–Crippen MR) is 229 cm³/mol. The Bertz CT molecular complexity index is 3240. The quantitative estimate of drug-likeness (QED) is 0.173. The van der Waals surface area contributed by atoms with Gasteiger partial charge in [-0.1, -0.05) is 84.9 Å². The smallest absolute Gasteiger partial charge is 0.309 e. The maximum absolute atomic E-state index is 16.5. The van der Waals surface area contributed by atoms with Crippen LogP contribution in [0.4, 0.5) is 13.2 Å². The van der Waals surface area contributed by atoms with E-state index in [4.69, 9.17) is 0 Å². The lowest BCUT2D eigenvalue weighted by Gasteiger charge is -2.23. The second-order valence-electron chi connectivity index (χ2n) is 14.7. The SMILES string of the molecule is Cc1nc(C)nc(-c2cc(-n3c4ccccc4c4ccc(-c5ccc(C#N)cc5)cc43)c(C(F)(F)F)c(-n3c4ccccc4c4ccc(-c5ccc(C#N)cc5)cc43)c2)n1. The van der Waals surface area contributed by atoms with Crippen LogP contribution in [-0.2, 0) is 6.18 Å². The van der Waals surface area contributed by atoms with Crippen molar-refractivity contribution in [1.82, 2.24) is 24.1 Å². The van der Waals surface area contributed by atoms with Crippen LogP contribution in [0.25, 0.3) is 88.6 Å². The van der Waals surface area contributed by atoms with Crippen LogP contribution in [0.2, 0.25) is 0 Å². The highest BCUT2D eigenvalue weighted by Crippen LogP contribution is 2.46. The number of aromatic nitrogens is 5. The van der Waals surface area contributed by atoms with Gasteiger partial charge in [0.25, 0.3) is 0 Å². The highest BCUT2D eigenvalue weighted by Gasteiger charge is 2.40. The first-order valence-electron chi connectivity index (χ1n) is 19.1. The summed E-state index contributed by atoms with van der Waals surface area (Å²) in [5, 5.41) is 22.0. The van der Waals surface area contributed by atoms with Gasteiger partial charge >= 0.3 is 6.18 Å². The summed E-state index contributed by atoms with van der Waals surface area (Å²) in [6.45, 7) is 3.47. The summed E-state index contributed by atoms with van der Waals surface area (Å²) in [6.07, 6.45) is -4.86. The van der Waals surface area contributed by atoms with Crippen LogP contribution in [-0.4, -0.2) is 24.1 Å². The maximum Gasteiger partial charge on any atom is 0.420 e. The molecule has 286 valence electrons. The molecule has 3 heterocycles. The second-order valence-corrected chi connectivity index (χ2v) is 14.7. The number of benzene rings is 7. The minimum absolute atomic E-state index is 0.0944. The molecule has 10 aromatic rings. The molecule has 10 rings (SSSR count). The number of halogens is 3. The Kier molecular flexibility index (Phi) is 8.34. The normalized spacial score (nSPS) is 11.7. The summed E-state index contributed by atoms with van der Waals surface area (Å²) >= 11 is 0. The number of fused-ring (bicyclic) bond motifs is 6. The van der Waals surface area contributed by atoms with E-state index < -0.39 is 11.7 Å². The zero-order valence-electron chi connectivity index (χ0n) is 32.1. The summed E-state index contributed by atoms with van der Waals surface area (Å²) in [6, 6.07) is 48.2. The number of para-hydroxylation sites is 2. The fraction of sp³-hybridized carbons (Fsp3) is 0.0600. The van der Waals surface area contributed by atoms with Crippen LogP contribution in [0, 0.1) is 36.5 Å². The molecule has 0 saturated carbocycles. The topological polar surface area (TPSA) is 96.1 Å². The Morgan fingerprint density at radius 3 is 1.27 bits per heavy atom. The number of nitrogens with zero attached hydrogens (tertiary/aromatic N) is 7. The van der Waals surface area contributed by atoms with E-state index in [9.17, 15) is 10.5 Å². The van der Waals surface area contributed by atoms with Gasteiger partial charge < -0.3 is 9.13 Å². The van der Waals surface area contributed by atoms with E-state index in [-0.39, 0.29) is 17.2 Å². The van der Waals surface area contributed by atoms with E-state index in [1.165, 1.54) is 12.1 Å². The average molecular weight is 786 g/mol. The molecule has 0 spiro atoms. The molecule has 7 nitrogen and oxygen atoms in total. The Morgan fingerprint density at radius 1 is 0.450 bits per heavy atom. The number of hydrogen-bond donors (Lipinski definition) is 0. The lowest BCUT2D eigenvalue weighted by Crippen LogP contribution is -2.16. The minimum Gasteiger partial charge on any atom is -0.309 e. The summed E-state index contributed by atoms with van der Waals surface area (Å²) < 4.78 is 52.8. The molecule has 0 unspecified atom stereocenters. The summed E-state index contributed by atoms with van der Waals surface area (Å²) in [5.41, 5.74) is 5.87. The average Bonchev–Trinajstić information content (AvgIpc) is 3.77. The first-order chi connectivity index (χ1) is 29.1. The van der Waals surface area contributed by atoms with E-state index in [0.717, 1.165) is 43.8 Å². The number of aryl methyl sites for hydroxylation is 2.